The van der Waals surface area contributed by atoms with Gasteiger partial charge in [0.25, 0.3) is 0 Å². The summed E-state index contributed by atoms with van der Waals surface area (Å²) in [4.78, 5) is 8.35. The Bertz CT molecular complexity index is 472. The molecule has 0 bridgehead atoms. The van der Waals surface area contributed by atoms with Crippen molar-refractivity contribution in [2.45, 2.75) is 0 Å². The lowest BCUT2D eigenvalue weighted by molar-refractivity contribution is 0.354. The van der Waals surface area contributed by atoms with Crippen LogP contribution in [0.15, 0.2) is 36.8 Å². The van der Waals surface area contributed by atoms with Crippen molar-refractivity contribution in [3.63, 3.8) is 0 Å². The Morgan fingerprint density at radius 1 is 1.06 bits per heavy atom. The van der Waals surface area contributed by atoms with Crippen molar-refractivity contribution in [2.24, 2.45) is 0 Å². The summed E-state index contributed by atoms with van der Waals surface area (Å²) in [5.74, 6) is 1.25. The third-order valence-electron chi connectivity index (χ3n) is 2.23. The van der Waals surface area contributed by atoms with Gasteiger partial charge in [0.2, 0.25) is 0 Å². The molecule has 4 nitrogen and oxygen atoms in total. The van der Waals surface area contributed by atoms with Crippen LogP contribution in [0.3, 0.4) is 0 Å². The van der Waals surface area contributed by atoms with E-state index in [0.29, 0.717) is 11.5 Å². The molecule has 82 valence electrons. The summed E-state index contributed by atoms with van der Waals surface area (Å²) in [5, 5.41) is 0. The quantitative estimate of drug-likeness (QED) is 0.788. The number of methoxy groups -OCH3 is 2. The average molecular weight is 216 g/mol. The summed E-state index contributed by atoms with van der Waals surface area (Å²) >= 11 is 0. The molecule has 0 N–H and O–H groups in total. The molecule has 0 unspecified atom stereocenters. The number of hydrogen-bond donors (Lipinski definition) is 0. The van der Waals surface area contributed by atoms with Gasteiger partial charge in [0, 0.05) is 12.4 Å². The molecular formula is C12H12N2O2. The Morgan fingerprint density at radius 2 is 1.94 bits per heavy atom. The third-order valence-corrected chi connectivity index (χ3v) is 2.23. The maximum atomic E-state index is 5.32. The first-order valence-electron chi connectivity index (χ1n) is 4.84. The zero-order valence-corrected chi connectivity index (χ0v) is 9.18. The minimum atomic E-state index is 0.602. The van der Waals surface area contributed by atoms with Crippen LogP contribution >= 0.6 is 0 Å². The minimum Gasteiger partial charge on any atom is -0.492 e. The molecule has 0 aliphatic rings. The summed E-state index contributed by atoms with van der Waals surface area (Å²) in [6.45, 7) is 0. The SMILES string of the molecule is COc1cncc(-c2ccccn2)c1OC. The predicted octanol–water partition coefficient (Wildman–Crippen LogP) is 2.16. The number of ether oxygens (including phenoxy) is 2. The van der Waals surface area contributed by atoms with Crippen molar-refractivity contribution in [1.82, 2.24) is 9.97 Å². The van der Waals surface area contributed by atoms with Gasteiger partial charge >= 0.3 is 0 Å². The summed E-state index contributed by atoms with van der Waals surface area (Å²) in [6, 6.07) is 5.68. The first-order chi connectivity index (χ1) is 7.86. The number of nitrogens with zero attached hydrogens (tertiary/aromatic N) is 2. The van der Waals surface area contributed by atoms with Gasteiger partial charge in [-0.2, -0.15) is 0 Å². The highest BCUT2D eigenvalue weighted by molar-refractivity contribution is 5.69. The lowest BCUT2D eigenvalue weighted by atomic mass is 10.1. The van der Waals surface area contributed by atoms with Crippen LogP contribution in [0, 0.1) is 0 Å². The van der Waals surface area contributed by atoms with Crippen LogP contribution in [0.5, 0.6) is 11.5 Å². The second-order valence-corrected chi connectivity index (χ2v) is 3.14. The van der Waals surface area contributed by atoms with Crippen LogP contribution in [-0.2, 0) is 0 Å². The zero-order valence-electron chi connectivity index (χ0n) is 9.18. The van der Waals surface area contributed by atoms with Gasteiger partial charge in [0.15, 0.2) is 11.5 Å². The molecule has 16 heavy (non-hydrogen) atoms. The van der Waals surface area contributed by atoms with Crippen LogP contribution < -0.4 is 9.47 Å². The van der Waals surface area contributed by atoms with Crippen molar-refractivity contribution in [2.75, 3.05) is 14.2 Å². The fourth-order valence-corrected chi connectivity index (χ4v) is 1.49. The lowest BCUT2D eigenvalue weighted by Crippen LogP contribution is -1.95. The van der Waals surface area contributed by atoms with Crippen molar-refractivity contribution in [1.29, 1.82) is 0 Å². The molecule has 2 aromatic heterocycles. The normalized spacial score (nSPS) is 9.88. The zero-order chi connectivity index (χ0) is 11.4. The van der Waals surface area contributed by atoms with Gasteiger partial charge in [-0.25, -0.2) is 0 Å². The van der Waals surface area contributed by atoms with Crippen LogP contribution in [0.4, 0.5) is 0 Å². The second kappa shape index (κ2) is 4.61. The van der Waals surface area contributed by atoms with Crippen molar-refractivity contribution in [3.8, 4) is 22.8 Å². The molecule has 0 spiro atoms. The molecule has 0 aromatic carbocycles. The molecule has 0 aliphatic heterocycles. The maximum Gasteiger partial charge on any atom is 0.179 e. The van der Waals surface area contributed by atoms with E-state index in [4.69, 9.17) is 9.47 Å². The van der Waals surface area contributed by atoms with E-state index in [2.05, 4.69) is 9.97 Å². The average Bonchev–Trinajstić information content (AvgIpc) is 2.38. The van der Waals surface area contributed by atoms with Crippen molar-refractivity contribution < 1.29 is 9.47 Å². The van der Waals surface area contributed by atoms with E-state index in [0.717, 1.165) is 11.3 Å². The molecule has 0 saturated heterocycles. The minimum absolute atomic E-state index is 0.602. The van der Waals surface area contributed by atoms with Gasteiger partial charge < -0.3 is 9.47 Å². The van der Waals surface area contributed by atoms with E-state index in [1.54, 1.807) is 32.8 Å². The fraction of sp³-hybridized carbons (Fsp3) is 0.167. The largest absolute Gasteiger partial charge is 0.492 e. The molecule has 0 atom stereocenters. The lowest BCUT2D eigenvalue weighted by Gasteiger charge is -2.10. The number of hydrogen-bond acceptors (Lipinski definition) is 4. The molecule has 2 heterocycles. The summed E-state index contributed by atoms with van der Waals surface area (Å²) in [5.41, 5.74) is 1.63. The van der Waals surface area contributed by atoms with E-state index in [9.17, 15) is 0 Å². The highest BCUT2D eigenvalue weighted by Gasteiger charge is 2.12. The highest BCUT2D eigenvalue weighted by atomic mass is 16.5. The van der Waals surface area contributed by atoms with Gasteiger partial charge in [0.05, 0.1) is 31.7 Å². The van der Waals surface area contributed by atoms with Gasteiger partial charge in [-0.1, -0.05) is 6.07 Å². The van der Waals surface area contributed by atoms with Gasteiger partial charge in [-0.05, 0) is 12.1 Å². The molecule has 0 radical (unpaired) electrons. The van der Waals surface area contributed by atoms with Crippen molar-refractivity contribution in [3.05, 3.63) is 36.8 Å². The van der Waals surface area contributed by atoms with Crippen LogP contribution in [0.1, 0.15) is 0 Å². The molecular weight excluding hydrogens is 204 g/mol. The standard InChI is InChI=1S/C12H12N2O2/c1-15-11-8-13-7-9(12(11)16-2)10-5-3-4-6-14-10/h3-8H,1-2H3. The number of rotatable bonds is 3. The van der Waals surface area contributed by atoms with Crippen molar-refractivity contribution >= 4 is 0 Å². The highest BCUT2D eigenvalue weighted by Crippen LogP contribution is 2.35. The van der Waals surface area contributed by atoms with Gasteiger partial charge in [-0.3, -0.25) is 9.97 Å². The van der Waals surface area contributed by atoms with Crippen LogP contribution in [0.2, 0.25) is 0 Å². The van der Waals surface area contributed by atoms with E-state index < -0.39 is 0 Å². The summed E-state index contributed by atoms with van der Waals surface area (Å²) < 4.78 is 10.5. The monoisotopic (exact) mass is 216 g/mol. The maximum absolute atomic E-state index is 5.32. The smallest absolute Gasteiger partial charge is 0.179 e. The number of aromatic nitrogens is 2. The molecule has 0 aliphatic carbocycles. The predicted molar refractivity (Wildman–Crippen MR) is 60.6 cm³/mol. The third kappa shape index (κ3) is 1.82. The van der Waals surface area contributed by atoms with Crippen LogP contribution in [0.25, 0.3) is 11.3 Å². The first-order valence-corrected chi connectivity index (χ1v) is 4.84. The van der Waals surface area contributed by atoms with E-state index in [-0.39, 0.29) is 0 Å². The Kier molecular flexibility index (Phi) is 3.00. The Balaban J connectivity index is 2.57. The molecule has 2 rings (SSSR count). The molecule has 4 heteroatoms. The Hall–Kier alpha value is -2.10. The topological polar surface area (TPSA) is 44.2 Å². The molecule has 0 saturated carbocycles. The van der Waals surface area contributed by atoms with E-state index in [1.165, 1.54) is 0 Å². The fourth-order valence-electron chi connectivity index (χ4n) is 1.49. The van der Waals surface area contributed by atoms with Gasteiger partial charge in [-0.15, -0.1) is 0 Å². The number of pyridine rings is 2. The summed E-state index contributed by atoms with van der Waals surface area (Å²) in [6.07, 6.45) is 5.06. The second-order valence-electron chi connectivity index (χ2n) is 3.14. The first kappa shape index (κ1) is 10.4. The summed E-state index contributed by atoms with van der Waals surface area (Å²) in [7, 11) is 3.19. The molecule has 2 aromatic rings. The Morgan fingerprint density at radius 3 is 2.56 bits per heavy atom. The molecule has 0 fully saturated rings. The Labute approximate surface area is 93.9 Å². The van der Waals surface area contributed by atoms with Crippen LogP contribution in [-0.4, -0.2) is 24.2 Å². The van der Waals surface area contributed by atoms with Gasteiger partial charge in [0.1, 0.15) is 0 Å². The van der Waals surface area contributed by atoms with E-state index in [1.807, 2.05) is 18.2 Å². The molecule has 0 amide bonds. The van der Waals surface area contributed by atoms with E-state index >= 15 is 0 Å².